The van der Waals surface area contributed by atoms with Gasteiger partial charge in [-0.15, -0.1) is 0 Å². The number of amides is 2. The Balaban J connectivity index is 1.24. The maximum Gasteiger partial charge on any atom is 0.419 e. The number of oxazole rings is 1. The molecular weight excluding hydrogens is 448 g/mol. The molecule has 0 bridgehead atoms. The highest BCUT2D eigenvalue weighted by atomic mass is 32.2. The number of fused-ring (bicyclic) bond motifs is 1. The molecule has 178 valence electrons. The average molecular weight is 477 g/mol. The van der Waals surface area contributed by atoms with E-state index in [1.54, 1.807) is 11.0 Å². The molecule has 1 aromatic heterocycles. The molecule has 0 spiro atoms. The van der Waals surface area contributed by atoms with Crippen molar-refractivity contribution in [1.82, 2.24) is 18.7 Å². The van der Waals surface area contributed by atoms with Gasteiger partial charge in [0.1, 0.15) is 0 Å². The van der Waals surface area contributed by atoms with Crippen molar-refractivity contribution >= 4 is 32.9 Å². The topological polar surface area (TPSA) is 113 Å². The summed E-state index contributed by atoms with van der Waals surface area (Å²) in [6.07, 6.45) is 3.74. The van der Waals surface area contributed by atoms with E-state index in [9.17, 15) is 22.8 Å². The number of rotatable bonds is 6. The molecule has 1 aromatic carbocycles. The molecule has 2 aliphatic heterocycles. The third-order valence-corrected chi connectivity index (χ3v) is 8.66. The summed E-state index contributed by atoms with van der Waals surface area (Å²) >= 11 is 0. The normalized spacial score (nSPS) is 20.0. The zero-order valence-corrected chi connectivity index (χ0v) is 19.3. The fourth-order valence-corrected chi connectivity index (χ4v) is 6.16. The van der Waals surface area contributed by atoms with Gasteiger partial charge in [0.15, 0.2) is 5.58 Å². The van der Waals surface area contributed by atoms with Gasteiger partial charge >= 0.3 is 5.76 Å². The van der Waals surface area contributed by atoms with E-state index in [-0.39, 0.29) is 41.2 Å². The number of hydrogen-bond acceptors (Lipinski definition) is 6. The van der Waals surface area contributed by atoms with Gasteiger partial charge in [-0.2, -0.15) is 4.31 Å². The molecule has 33 heavy (non-hydrogen) atoms. The summed E-state index contributed by atoms with van der Waals surface area (Å²) in [5.41, 5.74) is 0.660. The molecule has 1 aliphatic carbocycles. The second-order valence-electron chi connectivity index (χ2n) is 8.99. The van der Waals surface area contributed by atoms with Gasteiger partial charge in [-0.3, -0.25) is 14.2 Å². The van der Waals surface area contributed by atoms with Gasteiger partial charge in [0, 0.05) is 64.2 Å². The smallest absolute Gasteiger partial charge is 0.408 e. The van der Waals surface area contributed by atoms with Crippen LogP contribution >= 0.6 is 0 Å². The van der Waals surface area contributed by atoms with Gasteiger partial charge in [-0.25, -0.2) is 13.2 Å². The monoisotopic (exact) mass is 476 g/mol. The van der Waals surface area contributed by atoms with E-state index in [1.165, 1.54) is 21.0 Å². The third kappa shape index (κ3) is 4.31. The van der Waals surface area contributed by atoms with Crippen molar-refractivity contribution in [2.24, 2.45) is 5.92 Å². The number of aromatic nitrogens is 1. The van der Waals surface area contributed by atoms with E-state index < -0.39 is 15.8 Å². The Kier molecular flexibility index (Phi) is 5.77. The number of carbonyl (C=O) groups is 2. The van der Waals surface area contributed by atoms with Crippen molar-refractivity contribution in [3.8, 4) is 0 Å². The number of hydrogen-bond donors (Lipinski definition) is 0. The minimum Gasteiger partial charge on any atom is -0.408 e. The van der Waals surface area contributed by atoms with Crippen LogP contribution in [0.15, 0.2) is 32.3 Å². The highest BCUT2D eigenvalue weighted by Crippen LogP contribution is 2.31. The lowest BCUT2D eigenvalue weighted by atomic mass is 10.2. The fourth-order valence-electron chi connectivity index (χ4n) is 4.63. The van der Waals surface area contributed by atoms with Crippen molar-refractivity contribution in [3.63, 3.8) is 0 Å². The van der Waals surface area contributed by atoms with Gasteiger partial charge in [-0.05, 0) is 37.8 Å². The SMILES string of the molecule is O=C(CCn1c(=O)oc2cc(S(=O)(=O)N3CCCC3)ccc21)N1CCN(C(=O)C2CC2)CC1. The second-order valence-corrected chi connectivity index (χ2v) is 10.9. The summed E-state index contributed by atoms with van der Waals surface area (Å²) in [5.74, 6) is -0.319. The number of aryl methyl sites for hydroxylation is 1. The van der Waals surface area contributed by atoms with Gasteiger partial charge in [0.05, 0.1) is 10.4 Å². The lowest BCUT2D eigenvalue weighted by molar-refractivity contribution is -0.140. The Morgan fingerprint density at radius 2 is 1.64 bits per heavy atom. The van der Waals surface area contributed by atoms with Crippen molar-refractivity contribution in [2.45, 2.75) is 43.5 Å². The molecule has 3 fully saturated rings. The Labute approximate surface area is 191 Å². The van der Waals surface area contributed by atoms with E-state index in [0.717, 1.165) is 25.7 Å². The van der Waals surface area contributed by atoms with Crippen LogP contribution in [-0.4, -0.2) is 78.2 Å². The first-order valence-electron chi connectivity index (χ1n) is 11.5. The zero-order valence-electron chi connectivity index (χ0n) is 18.4. The first-order chi connectivity index (χ1) is 15.8. The molecule has 3 aliphatic rings. The summed E-state index contributed by atoms with van der Waals surface area (Å²) in [6, 6.07) is 4.44. The van der Waals surface area contributed by atoms with Crippen LogP contribution in [0.2, 0.25) is 0 Å². The quantitative estimate of drug-likeness (QED) is 0.611. The maximum absolute atomic E-state index is 12.8. The molecule has 10 nitrogen and oxygen atoms in total. The minimum absolute atomic E-state index is 0.0806. The Bertz CT molecular complexity index is 1230. The molecule has 0 radical (unpaired) electrons. The van der Waals surface area contributed by atoms with E-state index in [0.29, 0.717) is 44.8 Å². The summed E-state index contributed by atoms with van der Waals surface area (Å²) in [5, 5.41) is 0. The zero-order chi connectivity index (χ0) is 23.2. The van der Waals surface area contributed by atoms with Crippen LogP contribution in [0.1, 0.15) is 32.1 Å². The number of sulfonamides is 1. The van der Waals surface area contributed by atoms with Crippen molar-refractivity contribution in [3.05, 3.63) is 28.7 Å². The van der Waals surface area contributed by atoms with Crippen molar-refractivity contribution in [1.29, 1.82) is 0 Å². The highest BCUT2D eigenvalue weighted by molar-refractivity contribution is 7.89. The van der Waals surface area contributed by atoms with Crippen LogP contribution in [0, 0.1) is 5.92 Å². The lowest BCUT2D eigenvalue weighted by Crippen LogP contribution is -2.51. The number of nitrogens with zero attached hydrogens (tertiary/aromatic N) is 4. The van der Waals surface area contributed by atoms with Gasteiger partial charge in [0.25, 0.3) is 0 Å². The summed E-state index contributed by atoms with van der Waals surface area (Å²) < 4.78 is 33.7. The molecule has 11 heteroatoms. The lowest BCUT2D eigenvalue weighted by Gasteiger charge is -2.35. The Hall–Kier alpha value is -2.66. The van der Waals surface area contributed by atoms with Crippen LogP contribution in [0.4, 0.5) is 0 Å². The maximum atomic E-state index is 12.8. The molecule has 5 rings (SSSR count). The first-order valence-corrected chi connectivity index (χ1v) is 13.0. The molecule has 2 saturated heterocycles. The largest absolute Gasteiger partial charge is 0.419 e. The van der Waals surface area contributed by atoms with Gasteiger partial charge < -0.3 is 14.2 Å². The minimum atomic E-state index is -3.61. The van der Waals surface area contributed by atoms with Crippen molar-refractivity contribution < 1.29 is 22.4 Å². The molecule has 0 unspecified atom stereocenters. The highest BCUT2D eigenvalue weighted by Gasteiger charge is 2.35. The number of carbonyl (C=O) groups excluding carboxylic acids is 2. The standard InChI is InChI=1S/C22H28N4O6S/c27-20(23-11-13-24(14-12-23)21(28)16-3-4-16)7-10-26-18-6-5-17(15-19(18)32-22(26)29)33(30,31)25-8-1-2-9-25/h5-6,15-16H,1-4,7-14H2. The van der Waals surface area contributed by atoms with Crippen LogP contribution in [0.3, 0.4) is 0 Å². The molecule has 3 heterocycles. The first kappa shape index (κ1) is 22.1. The van der Waals surface area contributed by atoms with Crippen LogP contribution < -0.4 is 5.76 Å². The Morgan fingerprint density at radius 1 is 0.970 bits per heavy atom. The molecule has 2 aromatic rings. The van der Waals surface area contributed by atoms with E-state index >= 15 is 0 Å². The predicted octanol–water partition coefficient (Wildman–Crippen LogP) is 0.850. The van der Waals surface area contributed by atoms with Crippen LogP contribution in [-0.2, 0) is 26.2 Å². The Morgan fingerprint density at radius 3 is 2.30 bits per heavy atom. The fraction of sp³-hybridized carbons (Fsp3) is 0.591. The predicted molar refractivity (Wildman–Crippen MR) is 119 cm³/mol. The molecule has 0 atom stereocenters. The number of piperazine rings is 1. The van der Waals surface area contributed by atoms with Gasteiger partial charge in [0.2, 0.25) is 21.8 Å². The molecule has 1 saturated carbocycles. The molecule has 2 amide bonds. The summed E-state index contributed by atoms with van der Waals surface area (Å²) in [7, 11) is -3.61. The van der Waals surface area contributed by atoms with Gasteiger partial charge in [-0.1, -0.05) is 0 Å². The molecule has 0 N–H and O–H groups in total. The summed E-state index contributed by atoms with van der Waals surface area (Å²) in [6.45, 7) is 3.22. The van der Waals surface area contributed by atoms with E-state index in [2.05, 4.69) is 0 Å². The summed E-state index contributed by atoms with van der Waals surface area (Å²) in [4.78, 5) is 40.9. The second kappa shape index (κ2) is 8.60. The average Bonchev–Trinajstić information content (AvgIpc) is 3.40. The van der Waals surface area contributed by atoms with Crippen molar-refractivity contribution in [2.75, 3.05) is 39.3 Å². The molecular formula is C22H28N4O6S. The third-order valence-electron chi connectivity index (χ3n) is 6.76. The number of benzene rings is 1. The van der Waals surface area contributed by atoms with Crippen LogP contribution in [0.5, 0.6) is 0 Å². The van der Waals surface area contributed by atoms with E-state index in [4.69, 9.17) is 4.42 Å². The van der Waals surface area contributed by atoms with E-state index in [1.807, 2.05) is 4.90 Å². The van der Waals surface area contributed by atoms with Crippen LogP contribution in [0.25, 0.3) is 11.1 Å².